The van der Waals surface area contributed by atoms with E-state index in [1.807, 2.05) is 17.0 Å². The maximum absolute atomic E-state index is 13.1. The monoisotopic (exact) mass is 446 g/mol. The zero-order chi connectivity index (χ0) is 21.4. The van der Waals surface area contributed by atoms with Gasteiger partial charge >= 0.3 is 0 Å². The molecular weight excluding hydrogens is 420 g/mol. The molecule has 11 nitrogen and oxygen atoms in total. The molecule has 5 rings (SSSR count). The lowest BCUT2D eigenvalue weighted by atomic mass is 9.96. The second kappa shape index (κ2) is 8.15. The lowest BCUT2D eigenvalue weighted by molar-refractivity contribution is -0.137. The number of piperidine rings is 1. The van der Waals surface area contributed by atoms with Gasteiger partial charge in [0.2, 0.25) is 15.9 Å². The van der Waals surface area contributed by atoms with Crippen LogP contribution in [0.2, 0.25) is 0 Å². The lowest BCUT2D eigenvalue weighted by Gasteiger charge is -2.38. The molecule has 0 radical (unpaired) electrons. The second-order valence-electron chi connectivity index (χ2n) is 8.34. The molecule has 12 heteroatoms. The van der Waals surface area contributed by atoms with Gasteiger partial charge in [0.25, 0.3) is 0 Å². The number of sulfonamides is 1. The largest absolute Gasteiger partial charge is 0.354 e. The molecule has 1 saturated carbocycles. The van der Waals surface area contributed by atoms with Gasteiger partial charge in [0.1, 0.15) is 12.7 Å². The molecule has 2 saturated heterocycles. The van der Waals surface area contributed by atoms with Crippen LogP contribution in [0.5, 0.6) is 0 Å². The number of aromatic nitrogens is 5. The Labute approximate surface area is 181 Å². The molecule has 2 aromatic heterocycles. The van der Waals surface area contributed by atoms with Gasteiger partial charge in [-0.3, -0.25) is 4.79 Å². The highest BCUT2D eigenvalue weighted by atomic mass is 32.2. The van der Waals surface area contributed by atoms with Crippen molar-refractivity contribution < 1.29 is 13.2 Å². The van der Waals surface area contributed by atoms with E-state index in [1.165, 1.54) is 6.33 Å². The van der Waals surface area contributed by atoms with E-state index < -0.39 is 10.0 Å². The van der Waals surface area contributed by atoms with Crippen molar-refractivity contribution in [3.8, 4) is 5.82 Å². The smallest absolute Gasteiger partial charge is 0.227 e. The van der Waals surface area contributed by atoms with Crippen LogP contribution in [-0.2, 0) is 14.8 Å². The van der Waals surface area contributed by atoms with Crippen molar-refractivity contribution in [3.63, 3.8) is 0 Å². The van der Waals surface area contributed by atoms with Crippen molar-refractivity contribution in [1.29, 1.82) is 0 Å². The van der Waals surface area contributed by atoms with E-state index in [4.69, 9.17) is 0 Å². The molecule has 1 amide bonds. The third kappa shape index (κ3) is 4.13. The third-order valence-corrected chi connectivity index (χ3v) is 8.64. The fourth-order valence-corrected chi connectivity index (χ4v) is 6.15. The molecule has 2 aromatic rings. The summed E-state index contributed by atoms with van der Waals surface area (Å²) in [6.45, 7) is 3.15. The first-order valence-corrected chi connectivity index (χ1v) is 12.2. The van der Waals surface area contributed by atoms with E-state index in [-0.39, 0.29) is 17.1 Å². The number of carbonyl (C=O) groups is 1. The maximum atomic E-state index is 13.1. The van der Waals surface area contributed by atoms with Crippen LogP contribution < -0.4 is 4.90 Å². The van der Waals surface area contributed by atoms with Crippen molar-refractivity contribution in [2.75, 3.05) is 44.2 Å². The minimum atomic E-state index is -3.17. The summed E-state index contributed by atoms with van der Waals surface area (Å²) < 4.78 is 27.9. The number of anilines is 1. The Kier molecular flexibility index (Phi) is 5.34. The van der Waals surface area contributed by atoms with E-state index in [9.17, 15) is 13.2 Å². The molecule has 1 atom stereocenters. The Bertz CT molecular complexity index is 1010. The van der Waals surface area contributed by atoms with Gasteiger partial charge in [-0.15, -0.1) is 10.2 Å². The normalized spacial score (nSPS) is 23.2. The molecule has 0 bridgehead atoms. The number of piperazine rings is 1. The molecule has 2 aliphatic heterocycles. The molecule has 0 N–H and O–H groups in total. The number of amides is 1. The first-order chi connectivity index (χ1) is 15.0. The van der Waals surface area contributed by atoms with Gasteiger partial charge in [-0.2, -0.15) is 9.40 Å². The van der Waals surface area contributed by atoms with Gasteiger partial charge in [0, 0.05) is 39.3 Å². The predicted molar refractivity (Wildman–Crippen MR) is 112 cm³/mol. The average Bonchev–Trinajstić information content (AvgIpc) is 3.55. The van der Waals surface area contributed by atoms with E-state index in [0.717, 1.165) is 38.0 Å². The minimum Gasteiger partial charge on any atom is -0.354 e. The predicted octanol–water partition coefficient (Wildman–Crippen LogP) is -0.0899. The molecule has 4 heterocycles. The maximum Gasteiger partial charge on any atom is 0.227 e. The number of hydrogen-bond donors (Lipinski definition) is 0. The summed E-state index contributed by atoms with van der Waals surface area (Å²) >= 11 is 0. The van der Waals surface area contributed by atoms with Gasteiger partial charge in [0.15, 0.2) is 11.6 Å². The van der Waals surface area contributed by atoms with E-state index in [1.54, 1.807) is 15.3 Å². The van der Waals surface area contributed by atoms with Crippen LogP contribution in [0.15, 0.2) is 24.8 Å². The zero-order valence-corrected chi connectivity index (χ0v) is 18.1. The number of nitrogens with zero attached hydrogens (tertiary/aromatic N) is 8. The molecule has 0 spiro atoms. The number of hydrogen-bond acceptors (Lipinski definition) is 8. The van der Waals surface area contributed by atoms with Crippen LogP contribution in [0.1, 0.15) is 25.7 Å². The quantitative estimate of drug-likeness (QED) is 0.625. The topological polar surface area (TPSA) is 117 Å². The highest BCUT2D eigenvalue weighted by Gasteiger charge is 2.42. The summed E-state index contributed by atoms with van der Waals surface area (Å²) in [6, 6.07) is 3.72. The second-order valence-corrected chi connectivity index (χ2v) is 10.6. The summed E-state index contributed by atoms with van der Waals surface area (Å²) in [6.07, 6.45) is 6.27. The van der Waals surface area contributed by atoms with Crippen LogP contribution in [0.25, 0.3) is 5.82 Å². The Hall–Kier alpha value is -2.60. The Morgan fingerprint density at radius 2 is 1.71 bits per heavy atom. The van der Waals surface area contributed by atoms with Crippen LogP contribution in [0, 0.1) is 5.92 Å². The van der Waals surface area contributed by atoms with Crippen LogP contribution in [0.3, 0.4) is 0 Å². The summed E-state index contributed by atoms with van der Waals surface area (Å²) in [7, 11) is -3.17. The fourth-order valence-electron chi connectivity index (χ4n) is 4.32. The fraction of sp³-hybridized carbons (Fsp3) is 0.632. The Balaban J connectivity index is 1.19. The van der Waals surface area contributed by atoms with Crippen molar-refractivity contribution in [2.45, 2.75) is 30.9 Å². The van der Waals surface area contributed by atoms with Crippen LogP contribution >= 0.6 is 0 Å². The Morgan fingerprint density at radius 1 is 0.968 bits per heavy atom. The zero-order valence-electron chi connectivity index (χ0n) is 17.2. The van der Waals surface area contributed by atoms with Crippen molar-refractivity contribution in [2.24, 2.45) is 5.92 Å². The number of carbonyl (C=O) groups excluding carboxylic acids is 1. The highest BCUT2D eigenvalue weighted by Crippen LogP contribution is 2.31. The molecule has 3 fully saturated rings. The summed E-state index contributed by atoms with van der Waals surface area (Å²) in [5, 5.41) is 12.4. The molecular formula is C19H26N8O3S. The average molecular weight is 447 g/mol. The van der Waals surface area contributed by atoms with Crippen molar-refractivity contribution in [3.05, 3.63) is 24.8 Å². The van der Waals surface area contributed by atoms with Gasteiger partial charge in [-0.05, 0) is 37.8 Å². The van der Waals surface area contributed by atoms with Gasteiger partial charge in [-0.25, -0.2) is 18.1 Å². The summed E-state index contributed by atoms with van der Waals surface area (Å²) in [5.41, 5.74) is 0. The van der Waals surface area contributed by atoms with Gasteiger partial charge in [-0.1, -0.05) is 0 Å². The van der Waals surface area contributed by atoms with E-state index >= 15 is 0 Å². The molecule has 1 aliphatic carbocycles. The van der Waals surface area contributed by atoms with Gasteiger partial charge < -0.3 is 9.80 Å². The highest BCUT2D eigenvalue weighted by molar-refractivity contribution is 7.90. The van der Waals surface area contributed by atoms with Crippen molar-refractivity contribution >= 4 is 21.7 Å². The number of rotatable bonds is 5. The van der Waals surface area contributed by atoms with E-state index in [0.29, 0.717) is 38.5 Å². The third-order valence-electron chi connectivity index (χ3n) is 6.24. The summed E-state index contributed by atoms with van der Waals surface area (Å²) in [4.78, 5) is 20.9. The van der Waals surface area contributed by atoms with Crippen LogP contribution in [-0.4, -0.2) is 93.0 Å². The molecule has 0 unspecified atom stereocenters. The minimum absolute atomic E-state index is 0.111. The van der Waals surface area contributed by atoms with E-state index in [2.05, 4.69) is 25.2 Å². The first-order valence-electron chi connectivity index (χ1n) is 10.7. The SMILES string of the molecule is O=C([C@@H]1CCCN(c2ccc(-n3cncn3)nn2)C1)N1CCN(S(=O)(=O)C2CC2)CC1. The lowest BCUT2D eigenvalue weighted by Crippen LogP contribution is -2.54. The molecule has 31 heavy (non-hydrogen) atoms. The Morgan fingerprint density at radius 3 is 2.35 bits per heavy atom. The van der Waals surface area contributed by atoms with Crippen LogP contribution in [0.4, 0.5) is 5.82 Å². The molecule has 3 aliphatic rings. The summed E-state index contributed by atoms with van der Waals surface area (Å²) in [5.74, 6) is 1.32. The first kappa shape index (κ1) is 20.3. The molecule has 166 valence electrons. The van der Waals surface area contributed by atoms with Crippen molar-refractivity contribution in [1.82, 2.24) is 34.2 Å². The van der Waals surface area contributed by atoms with Gasteiger partial charge in [0.05, 0.1) is 11.2 Å². The molecule has 0 aromatic carbocycles. The standard InChI is InChI=1S/C19H26N8O3S/c28-19(24-8-10-26(11-9-24)31(29,30)16-3-4-16)15-2-1-7-25(12-15)17-5-6-18(23-22-17)27-14-20-13-21-27/h5-6,13-16H,1-4,7-12H2/t15-/m1/s1.